The van der Waals surface area contributed by atoms with Gasteiger partial charge in [-0.15, -0.1) is 0 Å². The summed E-state index contributed by atoms with van der Waals surface area (Å²) in [6.45, 7) is 0.842. The molecule has 118 valence electrons. The largest absolute Gasteiger partial charge is 0.498 e. The van der Waals surface area contributed by atoms with Crippen LogP contribution in [0.1, 0.15) is 32.1 Å². The Balaban J connectivity index is 2.27. The fourth-order valence-electron chi connectivity index (χ4n) is 1.73. The Hall–Kier alpha value is -1.32. The fourth-order valence-corrected chi connectivity index (χ4v) is 2.17. The number of aliphatic carboxylic acids is 1. The van der Waals surface area contributed by atoms with E-state index in [0.717, 1.165) is 19.3 Å². The number of hydrogen-bond donors (Lipinski definition) is 2. The van der Waals surface area contributed by atoms with Crippen molar-refractivity contribution < 1.29 is 24.2 Å². The molecular formula is C13H19IN2O5. The molecule has 0 unspecified atom stereocenters. The Labute approximate surface area is 137 Å². The van der Waals surface area contributed by atoms with Crippen LogP contribution in [0.2, 0.25) is 0 Å². The van der Waals surface area contributed by atoms with Crippen LogP contribution in [0.4, 0.5) is 0 Å². The van der Waals surface area contributed by atoms with E-state index in [1.54, 1.807) is 22.9 Å². The Morgan fingerprint density at radius 2 is 2.14 bits per heavy atom. The molecule has 0 saturated carbocycles. The third-order valence-corrected chi connectivity index (χ3v) is 3.62. The fraction of sp³-hybridized carbons (Fsp3) is 0.615. The summed E-state index contributed by atoms with van der Waals surface area (Å²) in [5.41, 5.74) is 0. The molecule has 0 spiro atoms. The number of nitrogens with one attached hydrogen (secondary N) is 1. The molecule has 1 rings (SSSR count). The molecule has 0 atom stereocenters. The first kappa shape index (κ1) is 17.7. The second-order valence-corrected chi connectivity index (χ2v) is 5.79. The van der Waals surface area contributed by atoms with Crippen LogP contribution in [0.15, 0.2) is 11.8 Å². The van der Waals surface area contributed by atoms with E-state index in [0.29, 0.717) is 18.8 Å². The first-order chi connectivity index (χ1) is 9.99. The zero-order valence-corrected chi connectivity index (χ0v) is 13.8. The van der Waals surface area contributed by atoms with E-state index in [1.165, 1.54) is 9.19 Å². The highest BCUT2D eigenvalue weighted by molar-refractivity contribution is 14.1. The summed E-state index contributed by atoms with van der Waals surface area (Å²) in [5.74, 6) is -0.830. The number of allylic oxidation sites excluding steroid dienone is 1. The van der Waals surface area contributed by atoms with Crippen molar-refractivity contribution in [2.45, 2.75) is 32.1 Å². The average Bonchev–Trinajstić information content (AvgIpc) is 2.44. The molecule has 0 aliphatic carbocycles. The number of hydrogen-bond acceptors (Lipinski definition) is 4. The lowest BCUT2D eigenvalue weighted by molar-refractivity contribution is -0.137. The SMILES string of the molecule is O=C(O)CCCNC(=O)CN(I)C(=O)/C=C1/CCCCO1. The van der Waals surface area contributed by atoms with Gasteiger partial charge in [0.25, 0.3) is 5.91 Å². The number of carbonyl (C=O) groups excluding carboxylic acids is 2. The molecule has 21 heavy (non-hydrogen) atoms. The van der Waals surface area contributed by atoms with Crippen LogP contribution < -0.4 is 5.32 Å². The van der Waals surface area contributed by atoms with E-state index in [4.69, 9.17) is 9.84 Å². The Kier molecular flexibility index (Phi) is 8.09. The highest BCUT2D eigenvalue weighted by Crippen LogP contribution is 2.16. The summed E-state index contributed by atoms with van der Waals surface area (Å²) in [6, 6.07) is 0. The first-order valence-corrected chi connectivity index (χ1v) is 7.74. The molecule has 0 aromatic carbocycles. The standard InChI is InChI=1S/C13H19IN2O5/c14-16(9-11(17)15-6-3-5-13(19)20)12(18)8-10-4-1-2-7-21-10/h8H,1-7,9H2,(H,15,17)(H,19,20)/b10-8-. The van der Waals surface area contributed by atoms with Gasteiger partial charge in [0.2, 0.25) is 5.91 Å². The average molecular weight is 410 g/mol. The second-order valence-electron chi connectivity index (χ2n) is 4.62. The van der Waals surface area contributed by atoms with Gasteiger partial charge in [-0.25, -0.2) is 0 Å². The summed E-state index contributed by atoms with van der Waals surface area (Å²) >= 11 is 1.78. The van der Waals surface area contributed by atoms with Gasteiger partial charge in [-0.05, 0) is 19.3 Å². The maximum absolute atomic E-state index is 11.9. The van der Waals surface area contributed by atoms with Gasteiger partial charge in [-0.2, -0.15) is 0 Å². The number of carboxylic acids is 1. The lowest BCUT2D eigenvalue weighted by atomic mass is 10.1. The molecule has 1 aliphatic rings. The number of halogens is 1. The third-order valence-electron chi connectivity index (χ3n) is 2.80. The molecule has 1 aliphatic heterocycles. The van der Waals surface area contributed by atoms with Crippen molar-refractivity contribution in [3.05, 3.63) is 11.8 Å². The van der Waals surface area contributed by atoms with Crippen LogP contribution in [-0.4, -0.2) is 45.7 Å². The van der Waals surface area contributed by atoms with E-state index >= 15 is 0 Å². The van der Waals surface area contributed by atoms with E-state index in [9.17, 15) is 14.4 Å². The van der Waals surface area contributed by atoms with Crippen LogP contribution in [0.25, 0.3) is 0 Å². The van der Waals surface area contributed by atoms with E-state index in [1.807, 2.05) is 0 Å². The van der Waals surface area contributed by atoms with Gasteiger partial charge in [0, 0.05) is 25.5 Å². The maximum atomic E-state index is 11.9. The normalized spacial score (nSPS) is 16.1. The summed E-state index contributed by atoms with van der Waals surface area (Å²) < 4.78 is 6.63. The molecule has 1 fully saturated rings. The van der Waals surface area contributed by atoms with Crippen molar-refractivity contribution in [1.82, 2.24) is 8.43 Å². The topological polar surface area (TPSA) is 95.9 Å². The van der Waals surface area contributed by atoms with Crippen LogP contribution in [0.5, 0.6) is 0 Å². The Morgan fingerprint density at radius 1 is 1.38 bits per heavy atom. The minimum Gasteiger partial charge on any atom is -0.498 e. The molecular weight excluding hydrogens is 391 g/mol. The Bertz CT molecular complexity index is 417. The predicted molar refractivity (Wildman–Crippen MR) is 83.5 cm³/mol. The number of carboxylic acid groups (broad SMARTS) is 1. The minimum atomic E-state index is -0.894. The number of carbonyl (C=O) groups is 3. The van der Waals surface area contributed by atoms with E-state index in [2.05, 4.69) is 5.32 Å². The quantitative estimate of drug-likeness (QED) is 0.285. The molecule has 1 saturated heterocycles. The molecule has 7 nitrogen and oxygen atoms in total. The Morgan fingerprint density at radius 3 is 2.76 bits per heavy atom. The van der Waals surface area contributed by atoms with Gasteiger partial charge in [-0.3, -0.25) is 17.5 Å². The van der Waals surface area contributed by atoms with Crippen molar-refractivity contribution in [2.24, 2.45) is 0 Å². The molecule has 1 heterocycles. The molecule has 0 bridgehead atoms. The van der Waals surface area contributed by atoms with Gasteiger partial charge in [0.05, 0.1) is 29.5 Å². The summed E-state index contributed by atoms with van der Waals surface area (Å²) in [7, 11) is 0. The van der Waals surface area contributed by atoms with Crippen LogP contribution in [0.3, 0.4) is 0 Å². The maximum Gasteiger partial charge on any atom is 0.303 e. The summed E-state index contributed by atoms with van der Waals surface area (Å²) in [4.78, 5) is 33.8. The number of rotatable bonds is 7. The van der Waals surface area contributed by atoms with Crippen molar-refractivity contribution in [3.63, 3.8) is 0 Å². The monoisotopic (exact) mass is 410 g/mol. The van der Waals surface area contributed by atoms with Gasteiger partial charge in [0.15, 0.2) is 0 Å². The van der Waals surface area contributed by atoms with Crippen LogP contribution in [0, 0.1) is 0 Å². The van der Waals surface area contributed by atoms with E-state index < -0.39 is 5.97 Å². The lowest BCUT2D eigenvalue weighted by Crippen LogP contribution is -2.35. The number of amides is 2. The van der Waals surface area contributed by atoms with E-state index in [-0.39, 0.29) is 31.3 Å². The zero-order valence-electron chi connectivity index (χ0n) is 11.6. The van der Waals surface area contributed by atoms with Gasteiger partial charge >= 0.3 is 5.97 Å². The summed E-state index contributed by atoms with van der Waals surface area (Å²) in [5, 5.41) is 11.0. The first-order valence-electron chi connectivity index (χ1n) is 6.78. The molecule has 0 radical (unpaired) electrons. The third kappa shape index (κ3) is 7.88. The molecule has 0 aromatic rings. The van der Waals surface area contributed by atoms with Crippen molar-refractivity contribution in [3.8, 4) is 0 Å². The van der Waals surface area contributed by atoms with Gasteiger partial charge in [0.1, 0.15) is 12.3 Å². The molecule has 2 amide bonds. The van der Waals surface area contributed by atoms with Gasteiger partial charge < -0.3 is 15.2 Å². The van der Waals surface area contributed by atoms with Crippen molar-refractivity contribution in [1.29, 1.82) is 0 Å². The zero-order chi connectivity index (χ0) is 15.7. The van der Waals surface area contributed by atoms with Crippen molar-refractivity contribution in [2.75, 3.05) is 19.7 Å². The highest BCUT2D eigenvalue weighted by atomic mass is 127. The van der Waals surface area contributed by atoms with Crippen LogP contribution in [-0.2, 0) is 19.1 Å². The van der Waals surface area contributed by atoms with Crippen LogP contribution >= 0.6 is 22.9 Å². The lowest BCUT2D eigenvalue weighted by Gasteiger charge is -2.17. The second kappa shape index (κ2) is 9.59. The highest BCUT2D eigenvalue weighted by Gasteiger charge is 2.15. The predicted octanol–water partition coefficient (Wildman–Crippen LogP) is 1.23. The van der Waals surface area contributed by atoms with Crippen molar-refractivity contribution >= 4 is 40.6 Å². The number of nitrogens with zero attached hydrogens (tertiary/aromatic N) is 1. The summed E-state index contributed by atoms with van der Waals surface area (Å²) in [6.07, 6.45) is 4.55. The molecule has 0 aromatic heterocycles. The smallest absolute Gasteiger partial charge is 0.303 e. The minimum absolute atomic E-state index is 0.0105. The number of ether oxygens (including phenoxy) is 1. The van der Waals surface area contributed by atoms with Gasteiger partial charge in [-0.1, -0.05) is 0 Å². The molecule has 8 heteroatoms. The molecule has 2 N–H and O–H groups in total.